The van der Waals surface area contributed by atoms with Gasteiger partial charge in [-0.3, -0.25) is 39.6 Å². The first-order chi connectivity index (χ1) is 33.2. The molecule has 368 valence electrons. The van der Waals surface area contributed by atoms with E-state index in [1.165, 1.54) is 0 Å². The molecule has 9 atom stereocenters. The summed E-state index contributed by atoms with van der Waals surface area (Å²) >= 11 is 0. The third-order valence-electron chi connectivity index (χ3n) is 17.3. The van der Waals surface area contributed by atoms with Crippen LogP contribution >= 0.6 is 0 Å². The molecule has 5 unspecified atom stereocenters. The Morgan fingerprint density at radius 2 is 1.13 bits per heavy atom. The first kappa shape index (κ1) is 48.2. The van der Waals surface area contributed by atoms with Crippen molar-refractivity contribution in [2.24, 2.45) is 17.4 Å². The molecule has 70 heavy (non-hydrogen) atoms. The third-order valence-corrected chi connectivity index (χ3v) is 17.3. The van der Waals surface area contributed by atoms with Gasteiger partial charge in [-0.2, -0.15) is 0 Å². The zero-order valence-electron chi connectivity index (χ0n) is 40.6. The van der Waals surface area contributed by atoms with E-state index in [2.05, 4.69) is 68.4 Å². The summed E-state index contributed by atoms with van der Waals surface area (Å²) in [6.45, 7) is 8.86. The standard InChI is InChI=1S/C53H63N9O8/c1-31-27-40(39-9-7-25-60(39)52(45(65)57-47(67)68)36-18-14-34(15-19-36)49(52,2)28-42(54)63)62(38-22-11-32(12-23-38)33-13-24-44(56-30-33)59(5)6)51(31,4)41-10-8-26-61(41)53(46(66)58-48(69)70)37-20-16-35(17-21-37)50(53,3)29-43(55)64/h11-24,30-31,39-41H,7-10,25-29H2,1-6H3,(H2,54,63)(H2,55,64)(H,57,65)(H,58,66)(H,67,68)(H,69,70)/t31?,39?,40-,41?,49?,50?,51-,52-,53-/m1/s1. The first-order valence-corrected chi connectivity index (χ1v) is 24.1. The molecule has 3 fully saturated rings. The van der Waals surface area contributed by atoms with E-state index < -0.39 is 75.3 Å². The molecular formula is C53H63N9O8. The number of likely N-dealkylation sites (tertiary alicyclic amines) is 2. The molecule has 3 aromatic carbocycles. The number of hydrogen-bond acceptors (Lipinski definition) is 11. The number of imide groups is 2. The van der Waals surface area contributed by atoms with Gasteiger partial charge >= 0.3 is 12.2 Å². The SMILES string of the molecule is CC1C[C@H](C2CCCN2[C@@]2(C(=O)NC(=O)O)c3ccc(cc3)C2(C)CC(N)=O)N(c2ccc(-c3ccc(N(C)C)nc3)cc2)[C@@]1(C)C1CCCN1[C@@]1(C(=O)NC(=O)O)c2ccc(cc2)C1(C)CC(N)=O. The van der Waals surface area contributed by atoms with Crippen molar-refractivity contribution in [1.29, 1.82) is 0 Å². The Morgan fingerprint density at radius 1 is 0.657 bits per heavy atom. The van der Waals surface area contributed by atoms with Gasteiger partial charge in [0, 0.05) is 73.3 Å². The highest BCUT2D eigenvalue weighted by Gasteiger charge is 2.70. The summed E-state index contributed by atoms with van der Waals surface area (Å²) in [6, 6.07) is 26.0. The lowest BCUT2D eigenvalue weighted by atomic mass is 9.56. The van der Waals surface area contributed by atoms with Crippen LogP contribution in [0.25, 0.3) is 11.1 Å². The maximum absolute atomic E-state index is 15.2. The number of hydrogen-bond donors (Lipinski definition) is 6. The van der Waals surface area contributed by atoms with E-state index in [1.54, 1.807) is 0 Å². The van der Waals surface area contributed by atoms with Crippen molar-refractivity contribution in [3.63, 3.8) is 0 Å². The minimum Gasteiger partial charge on any atom is -0.465 e. The molecule has 4 aliphatic carbocycles. The molecule has 4 aromatic rings. The van der Waals surface area contributed by atoms with E-state index >= 15 is 9.59 Å². The van der Waals surface area contributed by atoms with Crippen LogP contribution in [0.15, 0.2) is 91.1 Å². The normalized spacial score (nSPS) is 31.1. The highest BCUT2D eigenvalue weighted by Crippen LogP contribution is 2.61. The van der Waals surface area contributed by atoms with E-state index in [-0.39, 0.29) is 24.8 Å². The predicted octanol–water partition coefficient (Wildman–Crippen LogP) is 5.39. The molecule has 17 heteroatoms. The average molecular weight is 954 g/mol. The Bertz CT molecular complexity index is 2750. The van der Waals surface area contributed by atoms with Crippen molar-refractivity contribution in [3.8, 4) is 11.1 Å². The molecule has 17 nitrogen and oxygen atoms in total. The van der Waals surface area contributed by atoms with Crippen LogP contribution in [0, 0.1) is 5.92 Å². The molecule has 0 radical (unpaired) electrons. The van der Waals surface area contributed by atoms with Crippen LogP contribution in [0.2, 0.25) is 0 Å². The average Bonchev–Trinajstić information content (AvgIpc) is 4.06. The second kappa shape index (κ2) is 17.2. The van der Waals surface area contributed by atoms with Gasteiger partial charge in [-0.15, -0.1) is 0 Å². The Labute approximate surface area is 407 Å². The van der Waals surface area contributed by atoms with Crippen molar-refractivity contribution >= 4 is 47.3 Å². The number of rotatable bonds is 13. The monoisotopic (exact) mass is 953 g/mol. The summed E-state index contributed by atoms with van der Waals surface area (Å²) in [7, 11) is 3.87. The number of anilines is 2. The summed E-state index contributed by atoms with van der Waals surface area (Å²) in [5.41, 5.74) is 10.6. The number of amides is 6. The molecule has 0 saturated carbocycles. The van der Waals surface area contributed by atoms with Crippen LogP contribution in [-0.2, 0) is 41.1 Å². The summed E-state index contributed by atoms with van der Waals surface area (Å²) in [5, 5.41) is 24.9. The van der Waals surface area contributed by atoms with Crippen LogP contribution in [0.5, 0.6) is 0 Å². The maximum atomic E-state index is 15.2. The number of nitrogens with two attached hydrogens (primary N) is 2. The lowest BCUT2D eigenvalue weighted by molar-refractivity contribution is -0.145. The van der Waals surface area contributed by atoms with E-state index in [0.29, 0.717) is 67.4 Å². The molecule has 0 spiro atoms. The lowest BCUT2D eigenvalue weighted by Crippen LogP contribution is -2.74. The van der Waals surface area contributed by atoms with Gasteiger partial charge in [-0.25, -0.2) is 14.6 Å². The van der Waals surface area contributed by atoms with Gasteiger partial charge in [0.15, 0.2) is 0 Å². The van der Waals surface area contributed by atoms with E-state index in [1.807, 2.05) is 99.7 Å². The number of nitrogens with zero attached hydrogens (tertiary/aromatic N) is 5. The van der Waals surface area contributed by atoms with Gasteiger partial charge in [-0.1, -0.05) is 81.4 Å². The highest BCUT2D eigenvalue weighted by atomic mass is 16.4. The third kappa shape index (κ3) is 6.89. The molecule has 6 amide bonds. The number of aromatic nitrogens is 1. The second-order valence-corrected chi connectivity index (χ2v) is 20.9. The number of benzene rings is 3. The van der Waals surface area contributed by atoms with Crippen LogP contribution < -0.4 is 31.9 Å². The molecule has 8 N–H and O–H groups in total. The molecule has 1 aromatic heterocycles. The minimum atomic E-state index is -1.68. The Balaban J connectivity index is 1.23. The second-order valence-electron chi connectivity index (χ2n) is 20.9. The van der Waals surface area contributed by atoms with Crippen LogP contribution in [0.3, 0.4) is 0 Å². The molecular weight excluding hydrogens is 891 g/mol. The Hall–Kier alpha value is -6.85. The number of carbonyl (C=O) groups excluding carboxylic acids is 4. The van der Waals surface area contributed by atoms with Gasteiger partial charge < -0.3 is 31.5 Å². The van der Waals surface area contributed by atoms with E-state index in [0.717, 1.165) is 22.6 Å². The lowest BCUT2D eigenvalue weighted by Gasteiger charge is -2.60. The maximum Gasteiger partial charge on any atom is 0.411 e. The van der Waals surface area contributed by atoms with Gasteiger partial charge in [-0.05, 0) is 110 Å². The summed E-state index contributed by atoms with van der Waals surface area (Å²) in [6.07, 6.45) is 1.49. The number of carboxylic acid groups (broad SMARTS) is 2. The van der Waals surface area contributed by atoms with Gasteiger partial charge in [0.25, 0.3) is 11.8 Å². The number of primary amides is 2. The highest BCUT2D eigenvalue weighted by molar-refractivity contribution is 6.01. The van der Waals surface area contributed by atoms with Crippen molar-refractivity contribution in [2.45, 2.75) is 118 Å². The van der Waals surface area contributed by atoms with E-state index in [4.69, 9.17) is 11.5 Å². The Morgan fingerprint density at radius 3 is 1.60 bits per heavy atom. The van der Waals surface area contributed by atoms with Gasteiger partial charge in [0.1, 0.15) is 16.9 Å². The fourth-order valence-electron chi connectivity index (χ4n) is 14.3. The molecule has 11 rings (SSSR count). The van der Waals surface area contributed by atoms with Crippen molar-refractivity contribution in [2.75, 3.05) is 37.0 Å². The topological polar surface area (TPSA) is 245 Å². The van der Waals surface area contributed by atoms with Gasteiger partial charge in [0.2, 0.25) is 11.8 Å². The zero-order chi connectivity index (χ0) is 50.3. The summed E-state index contributed by atoms with van der Waals surface area (Å²) in [5.74, 6) is -2.10. The molecule has 4 heterocycles. The van der Waals surface area contributed by atoms with Gasteiger partial charge in [0.05, 0.1) is 5.54 Å². The molecule has 3 aliphatic heterocycles. The number of nitrogens with one attached hydrogen (secondary N) is 2. The number of fused-ring (bicyclic) bond motifs is 6. The van der Waals surface area contributed by atoms with Crippen LogP contribution in [-0.4, -0.2) is 112 Å². The Kier molecular flexibility index (Phi) is 11.9. The smallest absolute Gasteiger partial charge is 0.411 e. The molecule has 3 saturated heterocycles. The fourth-order valence-corrected chi connectivity index (χ4v) is 14.3. The number of pyridine rings is 1. The largest absolute Gasteiger partial charge is 0.465 e. The molecule has 4 bridgehead atoms. The van der Waals surface area contributed by atoms with Crippen LogP contribution in [0.4, 0.5) is 21.1 Å². The fraction of sp³-hybridized carbons (Fsp3) is 0.453. The summed E-state index contributed by atoms with van der Waals surface area (Å²) < 4.78 is 0. The number of carbonyl (C=O) groups is 6. The zero-order valence-corrected chi connectivity index (χ0v) is 40.6. The van der Waals surface area contributed by atoms with Crippen molar-refractivity contribution < 1.29 is 39.0 Å². The minimum absolute atomic E-state index is 0.120. The van der Waals surface area contributed by atoms with Crippen molar-refractivity contribution in [3.05, 3.63) is 113 Å². The quantitative estimate of drug-likeness (QED) is 0.0986. The predicted molar refractivity (Wildman–Crippen MR) is 263 cm³/mol. The van der Waals surface area contributed by atoms with E-state index in [9.17, 15) is 29.4 Å². The first-order valence-electron chi connectivity index (χ1n) is 24.1. The van der Waals surface area contributed by atoms with Crippen molar-refractivity contribution in [1.82, 2.24) is 25.4 Å². The van der Waals surface area contributed by atoms with Crippen LogP contribution in [0.1, 0.15) is 94.9 Å². The summed E-state index contributed by atoms with van der Waals surface area (Å²) in [4.78, 5) is 94.9. The molecule has 7 aliphatic rings.